The lowest BCUT2D eigenvalue weighted by atomic mass is 10.1. The molecule has 0 radical (unpaired) electrons. The number of benzene rings is 2. The molecule has 2 aromatic carbocycles. The number of anilines is 1. The molecule has 0 aliphatic carbocycles. The smallest absolute Gasteiger partial charge is 0.349 e. The van der Waals surface area contributed by atoms with Crippen molar-refractivity contribution < 1.29 is 19.4 Å². The standard InChI is InChI=1S/C18H17N3O4/c1-24-15-5-2-4-12(16(15)22)17(23)25-18-19-13-7-6-11(10-14(13)20-18)21-8-3-9-21/h2,4-7,10,22H,3,8-9H2,1H3,(H,19,20). The molecule has 1 saturated heterocycles. The summed E-state index contributed by atoms with van der Waals surface area (Å²) < 4.78 is 10.3. The average Bonchev–Trinajstić information content (AvgIpc) is 2.95. The second-order valence-corrected chi connectivity index (χ2v) is 5.83. The van der Waals surface area contributed by atoms with Gasteiger partial charge in [-0.05, 0) is 36.8 Å². The number of aromatic hydroxyl groups is 1. The van der Waals surface area contributed by atoms with Gasteiger partial charge in [0.15, 0.2) is 11.5 Å². The zero-order valence-corrected chi connectivity index (χ0v) is 13.7. The van der Waals surface area contributed by atoms with Gasteiger partial charge in [-0.1, -0.05) is 6.07 Å². The molecule has 0 atom stereocenters. The third-order valence-electron chi connectivity index (χ3n) is 4.29. The number of esters is 1. The summed E-state index contributed by atoms with van der Waals surface area (Å²) >= 11 is 0. The predicted molar refractivity (Wildman–Crippen MR) is 92.5 cm³/mol. The fraction of sp³-hybridized carbons (Fsp3) is 0.222. The van der Waals surface area contributed by atoms with Gasteiger partial charge < -0.3 is 24.5 Å². The normalized spacial score (nSPS) is 13.6. The Morgan fingerprint density at radius 1 is 1.28 bits per heavy atom. The number of phenolic OH excluding ortho intramolecular Hbond substituents is 1. The number of para-hydroxylation sites is 1. The van der Waals surface area contributed by atoms with E-state index in [0.717, 1.165) is 24.3 Å². The van der Waals surface area contributed by atoms with Crippen LogP contribution in [0.15, 0.2) is 36.4 Å². The average molecular weight is 339 g/mol. The summed E-state index contributed by atoms with van der Waals surface area (Å²) in [7, 11) is 1.42. The van der Waals surface area contributed by atoms with E-state index in [1.165, 1.54) is 19.6 Å². The van der Waals surface area contributed by atoms with Gasteiger partial charge in [0.25, 0.3) is 0 Å². The van der Waals surface area contributed by atoms with Gasteiger partial charge >= 0.3 is 12.0 Å². The van der Waals surface area contributed by atoms with Gasteiger partial charge in [-0.15, -0.1) is 0 Å². The number of phenols is 1. The number of fused-ring (bicyclic) bond motifs is 1. The topological polar surface area (TPSA) is 87.7 Å². The number of carbonyl (C=O) groups is 1. The van der Waals surface area contributed by atoms with E-state index in [4.69, 9.17) is 9.47 Å². The van der Waals surface area contributed by atoms with Gasteiger partial charge in [0.2, 0.25) is 0 Å². The molecule has 1 fully saturated rings. The minimum Gasteiger partial charge on any atom is -0.504 e. The van der Waals surface area contributed by atoms with Gasteiger partial charge in [-0.3, -0.25) is 0 Å². The maximum absolute atomic E-state index is 12.3. The fourth-order valence-electron chi connectivity index (χ4n) is 2.79. The fourth-order valence-corrected chi connectivity index (χ4v) is 2.79. The molecule has 1 aromatic heterocycles. The zero-order valence-electron chi connectivity index (χ0n) is 13.7. The highest BCUT2D eigenvalue weighted by molar-refractivity contribution is 5.94. The number of rotatable bonds is 4. The number of aromatic nitrogens is 2. The number of carbonyl (C=O) groups excluding carboxylic acids is 1. The van der Waals surface area contributed by atoms with E-state index in [9.17, 15) is 9.90 Å². The van der Waals surface area contributed by atoms with Crippen LogP contribution >= 0.6 is 0 Å². The van der Waals surface area contributed by atoms with Crippen LogP contribution in [0.25, 0.3) is 11.0 Å². The Hall–Kier alpha value is -3.22. The molecule has 0 unspecified atom stereocenters. The minimum atomic E-state index is -0.710. The Balaban J connectivity index is 1.59. The molecular weight excluding hydrogens is 322 g/mol. The first kappa shape index (κ1) is 15.3. The highest BCUT2D eigenvalue weighted by Crippen LogP contribution is 2.30. The van der Waals surface area contributed by atoms with E-state index in [0.29, 0.717) is 5.52 Å². The molecule has 0 spiro atoms. The van der Waals surface area contributed by atoms with Crippen molar-refractivity contribution in [2.75, 3.05) is 25.1 Å². The second kappa shape index (κ2) is 6.01. The first-order valence-corrected chi connectivity index (χ1v) is 7.98. The Morgan fingerprint density at radius 2 is 2.12 bits per heavy atom. The number of hydrogen-bond acceptors (Lipinski definition) is 6. The number of nitrogens with zero attached hydrogens (tertiary/aromatic N) is 2. The summed E-state index contributed by atoms with van der Waals surface area (Å²) in [6.45, 7) is 2.10. The molecule has 7 nitrogen and oxygen atoms in total. The van der Waals surface area contributed by atoms with Crippen molar-refractivity contribution >= 4 is 22.7 Å². The lowest BCUT2D eigenvalue weighted by Crippen LogP contribution is -2.36. The Morgan fingerprint density at radius 3 is 2.84 bits per heavy atom. The second-order valence-electron chi connectivity index (χ2n) is 5.83. The molecule has 0 amide bonds. The van der Waals surface area contributed by atoms with Crippen LogP contribution in [0, 0.1) is 0 Å². The highest BCUT2D eigenvalue weighted by atomic mass is 16.5. The molecule has 4 rings (SSSR count). The van der Waals surface area contributed by atoms with Crippen LogP contribution < -0.4 is 14.4 Å². The van der Waals surface area contributed by atoms with Gasteiger partial charge in [0.1, 0.15) is 5.56 Å². The van der Waals surface area contributed by atoms with Crippen LogP contribution in [-0.4, -0.2) is 41.2 Å². The molecule has 1 aliphatic heterocycles. The number of hydrogen-bond donors (Lipinski definition) is 2. The molecule has 3 aromatic rings. The molecule has 25 heavy (non-hydrogen) atoms. The van der Waals surface area contributed by atoms with Crippen LogP contribution in [0.3, 0.4) is 0 Å². The number of ether oxygens (including phenoxy) is 2. The molecule has 1 aliphatic rings. The van der Waals surface area contributed by atoms with E-state index in [1.54, 1.807) is 12.1 Å². The quantitative estimate of drug-likeness (QED) is 0.711. The van der Waals surface area contributed by atoms with Crippen LogP contribution in [0.4, 0.5) is 5.69 Å². The SMILES string of the molecule is COc1cccc(C(=O)Oc2nc3ccc(N4CCC4)cc3[nH]2)c1O. The van der Waals surface area contributed by atoms with Crippen molar-refractivity contribution in [1.29, 1.82) is 0 Å². The van der Waals surface area contributed by atoms with E-state index < -0.39 is 5.97 Å². The number of aromatic amines is 1. The van der Waals surface area contributed by atoms with E-state index in [1.807, 2.05) is 18.2 Å². The summed E-state index contributed by atoms with van der Waals surface area (Å²) in [5, 5.41) is 10.0. The largest absolute Gasteiger partial charge is 0.504 e. The van der Waals surface area contributed by atoms with Crippen molar-refractivity contribution in [1.82, 2.24) is 9.97 Å². The van der Waals surface area contributed by atoms with Gasteiger partial charge in [-0.25, -0.2) is 4.79 Å². The molecule has 0 saturated carbocycles. The van der Waals surface area contributed by atoms with Crippen molar-refractivity contribution in [2.45, 2.75) is 6.42 Å². The number of methoxy groups -OCH3 is 1. The summed E-state index contributed by atoms with van der Waals surface area (Å²) in [4.78, 5) is 21.8. The summed E-state index contributed by atoms with van der Waals surface area (Å²) in [6.07, 6.45) is 1.20. The third kappa shape index (κ3) is 2.73. The van der Waals surface area contributed by atoms with Gasteiger partial charge in [0, 0.05) is 18.8 Å². The number of nitrogens with one attached hydrogen (secondary N) is 1. The molecular formula is C18H17N3O4. The van der Waals surface area contributed by atoms with E-state index >= 15 is 0 Å². The number of imidazole rings is 1. The van der Waals surface area contributed by atoms with Crippen LogP contribution in [0.5, 0.6) is 17.5 Å². The van der Waals surface area contributed by atoms with E-state index in [-0.39, 0.29) is 23.1 Å². The summed E-state index contributed by atoms with van der Waals surface area (Å²) in [6, 6.07) is 10.6. The van der Waals surface area contributed by atoms with Crippen molar-refractivity contribution in [3.63, 3.8) is 0 Å². The maximum Gasteiger partial charge on any atom is 0.349 e. The lowest BCUT2D eigenvalue weighted by Gasteiger charge is -2.33. The minimum absolute atomic E-state index is 0.0149. The third-order valence-corrected chi connectivity index (χ3v) is 4.29. The molecule has 128 valence electrons. The van der Waals surface area contributed by atoms with Gasteiger partial charge in [0.05, 0.1) is 18.1 Å². The van der Waals surface area contributed by atoms with Crippen molar-refractivity contribution in [2.24, 2.45) is 0 Å². The maximum atomic E-state index is 12.3. The van der Waals surface area contributed by atoms with E-state index in [2.05, 4.69) is 14.9 Å². The Bertz CT molecular complexity index is 947. The lowest BCUT2D eigenvalue weighted by molar-refractivity contribution is 0.0718. The summed E-state index contributed by atoms with van der Waals surface area (Å²) in [5.74, 6) is -0.761. The molecule has 0 bridgehead atoms. The Labute approximate surface area is 143 Å². The van der Waals surface area contributed by atoms with Crippen molar-refractivity contribution in [3.05, 3.63) is 42.0 Å². The molecule has 7 heteroatoms. The van der Waals surface area contributed by atoms with Crippen LogP contribution in [0.1, 0.15) is 16.8 Å². The zero-order chi connectivity index (χ0) is 17.4. The monoisotopic (exact) mass is 339 g/mol. The Kier molecular flexibility index (Phi) is 3.68. The first-order valence-electron chi connectivity index (χ1n) is 7.98. The highest BCUT2D eigenvalue weighted by Gasteiger charge is 2.19. The summed E-state index contributed by atoms with van der Waals surface area (Å²) in [5.41, 5.74) is 2.63. The van der Waals surface area contributed by atoms with Gasteiger partial charge in [-0.2, -0.15) is 4.98 Å². The molecule has 2 heterocycles. The van der Waals surface area contributed by atoms with Crippen molar-refractivity contribution in [3.8, 4) is 17.5 Å². The van der Waals surface area contributed by atoms with Crippen LogP contribution in [-0.2, 0) is 0 Å². The predicted octanol–water partition coefficient (Wildman–Crippen LogP) is 2.71. The van der Waals surface area contributed by atoms with Crippen LogP contribution in [0.2, 0.25) is 0 Å². The molecule has 2 N–H and O–H groups in total. The number of H-pyrrole nitrogens is 1. The first-order chi connectivity index (χ1) is 12.2.